The first-order chi connectivity index (χ1) is 12.1. The van der Waals surface area contributed by atoms with Crippen LogP contribution in [0.4, 0.5) is 10.1 Å². The standard InChI is InChI=1S/C19H19FN2O3/c20-15-6-8-16(9-7-15)22-12-14(10-19(22)24)11-21-18(23)13-25-17-4-2-1-3-5-17/h1-9,14H,10-13H2,(H,21,23). The molecule has 130 valence electrons. The van der Waals surface area contributed by atoms with Gasteiger partial charge in [0.05, 0.1) is 0 Å². The molecule has 5 nitrogen and oxygen atoms in total. The maximum absolute atomic E-state index is 13.0. The van der Waals surface area contributed by atoms with Crippen molar-refractivity contribution in [2.75, 3.05) is 24.6 Å². The predicted molar refractivity (Wildman–Crippen MR) is 91.8 cm³/mol. The Morgan fingerprint density at radius 3 is 2.60 bits per heavy atom. The van der Waals surface area contributed by atoms with E-state index >= 15 is 0 Å². The number of hydrogen-bond donors (Lipinski definition) is 1. The lowest BCUT2D eigenvalue weighted by atomic mass is 10.1. The number of ether oxygens (including phenoxy) is 1. The molecule has 1 saturated heterocycles. The Kier molecular flexibility index (Phi) is 5.28. The van der Waals surface area contributed by atoms with Gasteiger partial charge >= 0.3 is 0 Å². The Labute approximate surface area is 145 Å². The zero-order chi connectivity index (χ0) is 17.6. The van der Waals surface area contributed by atoms with Crippen molar-refractivity contribution in [3.63, 3.8) is 0 Å². The molecule has 1 aliphatic rings. The third-order valence-corrected chi connectivity index (χ3v) is 4.04. The van der Waals surface area contributed by atoms with Gasteiger partial charge in [0.15, 0.2) is 6.61 Å². The number of nitrogens with zero attached hydrogens (tertiary/aromatic N) is 1. The molecule has 0 aromatic heterocycles. The largest absolute Gasteiger partial charge is 0.484 e. The van der Waals surface area contributed by atoms with E-state index in [1.807, 2.05) is 18.2 Å². The fourth-order valence-corrected chi connectivity index (χ4v) is 2.76. The van der Waals surface area contributed by atoms with E-state index in [0.29, 0.717) is 30.9 Å². The van der Waals surface area contributed by atoms with Gasteiger partial charge in [-0.15, -0.1) is 0 Å². The van der Waals surface area contributed by atoms with Crippen molar-refractivity contribution in [3.8, 4) is 5.75 Å². The molecule has 1 heterocycles. The van der Waals surface area contributed by atoms with E-state index in [1.54, 1.807) is 29.2 Å². The number of amides is 2. The van der Waals surface area contributed by atoms with Crippen molar-refractivity contribution in [2.24, 2.45) is 5.92 Å². The van der Waals surface area contributed by atoms with Crippen molar-refractivity contribution in [1.29, 1.82) is 0 Å². The summed E-state index contributed by atoms with van der Waals surface area (Å²) in [4.78, 5) is 25.6. The molecule has 1 N–H and O–H groups in total. The van der Waals surface area contributed by atoms with Crippen LogP contribution in [0.3, 0.4) is 0 Å². The normalized spacial score (nSPS) is 16.8. The van der Waals surface area contributed by atoms with Gasteiger partial charge in [0.2, 0.25) is 5.91 Å². The maximum Gasteiger partial charge on any atom is 0.257 e. The van der Waals surface area contributed by atoms with E-state index < -0.39 is 0 Å². The molecule has 3 rings (SSSR count). The number of benzene rings is 2. The number of carbonyl (C=O) groups excluding carboxylic acids is 2. The summed E-state index contributed by atoms with van der Waals surface area (Å²) in [6, 6.07) is 14.9. The molecule has 25 heavy (non-hydrogen) atoms. The van der Waals surface area contributed by atoms with Gasteiger partial charge in [0.25, 0.3) is 5.91 Å². The molecule has 1 fully saturated rings. The van der Waals surface area contributed by atoms with E-state index in [4.69, 9.17) is 4.74 Å². The van der Waals surface area contributed by atoms with Gasteiger partial charge in [-0.05, 0) is 36.4 Å². The number of hydrogen-bond acceptors (Lipinski definition) is 3. The van der Waals surface area contributed by atoms with Crippen LogP contribution in [-0.4, -0.2) is 31.5 Å². The Morgan fingerprint density at radius 2 is 1.88 bits per heavy atom. The highest BCUT2D eigenvalue weighted by Crippen LogP contribution is 2.24. The first-order valence-electron chi connectivity index (χ1n) is 8.12. The summed E-state index contributed by atoms with van der Waals surface area (Å²) in [5.74, 6) is 0.0787. The number of rotatable bonds is 6. The zero-order valence-electron chi connectivity index (χ0n) is 13.7. The van der Waals surface area contributed by atoms with Gasteiger partial charge in [0, 0.05) is 31.1 Å². The van der Waals surface area contributed by atoms with Gasteiger partial charge in [0.1, 0.15) is 11.6 Å². The summed E-state index contributed by atoms with van der Waals surface area (Å²) in [5, 5.41) is 2.79. The fourth-order valence-electron chi connectivity index (χ4n) is 2.76. The number of carbonyl (C=O) groups is 2. The number of para-hydroxylation sites is 1. The highest BCUT2D eigenvalue weighted by molar-refractivity contribution is 5.95. The summed E-state index contributed by atoms with van der Waals surface area (Å²) in [6.45, 7) is 0.844. The molecule has 0 aliphatic carbocycles. The Balaban J connectivity index is 1.45. The second kappa shape index (κ2) is 7.79. The van der Waals surface area contributed by atoms with E-state index in [-0.39, 0.29) is 30.2 Å². The van der Waals surface area contributed by atoms with Crippen LogP contribution in [0.5, 0.6) is 5.75 Å². The molecule has 1 aliphatic heterocycles. The molecule has 6 heteroatoms. The second-order valence-electron chi connectivity index (χ2n) is 5.96. The lowest BCUT2D eigenvalue weighted by molar-refractivity contribution is -0.123. The number of halogens is 1. The first-order valence-corrected chi connectivity index (χ1v) is 8.12. The molecular formula is C19H19FN2O3. The van der Waals surface area contributed by atoms with Gasteiger partial charge in [-0.25, -0.2) is 4.39 Å². The minimum atomic E-state index is -0.336. The van der Waals surface area contributed by atoms with E-state index in [1.165, 1.54) is 12.1 Å². The third-order valence-electron chi connectivity index (χ3n) is 4.04. The first kappa shape index (κ1) is 17.0. The molecule has 0 saturated carbocycles. The Hall–Kier alpha value is -2.89. The van der Waals surface area contributed by atoms with Crippen LogP contribution in [0, 0.1) is 11.7 Å². The molecule has 0 spiro atoms. The molecule has 0 radical (unpaired) electrons. The molecule has 2 amide bonds. The van der Waals surface area contributed by atoms with Gasteiger partial charge in [-0.2, -0.15) is 0 Å². The quantitative estimate of drug-likeness (QED) is 0.877. The SMILES string of the molecule is O=C(COc1ccccc1)NCC1CC(=O)N(c2ccc(F)cc2)C1. The summed E-state index contributed by atoms with van der Waals surface area (Å²) < 4.78 is 18.4. The van der Waals surface area contributed by atoms with Gasteiger partial charge < -0.3 is 15.0 Å². The van der Waals surface area contributed by atoms with Crippen LogP contribution in [0.1, 0.15) is 6.42 Å². The van der Waals surface area contributed by atoms with Gasteiger partial charge in [-0.1, -0.05) is 18.2 Å². The monoisotopic (exact) mass is 342 g/mol. The molecule has 0 bridgehead atoms. The molecule has 1 unspecified atom stereocenters. The predicted octanol–water partition coefficient (Wildman–Crippen LogP) is 2.37. The zero-order valence-corrected chi connectivity index (χ0v) is 13.7. The topological polar surface area (TPSA) is 58.6 Å². The second-order valence-corrected chi connectivity index (χ2v) is 5.96. The molecule has 1 atom stereocenters. The molecule has 2 aromatic carbocycles. The summed E-state index contributed by atoms with van der Waals surface area (Å²) in [5.41, 5.74) is 0.674. The van der Waals surface area contributed by atoms with Crippen molar-refractivity contribution in [2.45, 2.75) is 6.42 Å². The van der Waals surface area contributed by atoms with Crippen LogP contribution in [0.25, 0.3) is 0 Å². The Morgan fingerprint density at radius 1 is 1.16 bits per heavy atom. The van der Waals surface area contributed by atoms with Gasteiger partial charge in [-0.3, -0.25) is 9.59 Å². The minimum Gasteiger partial charge on any atom is -0.484 e. The number of nitrogens with one attached hydrogen (secondary N) is 1. The van der Waals surface area contributed by atoms with Crippen LogP contribution in [-0.2, 0) is 9.59 Å². The van der Waals surface area contributed by atoms with Crippen LogP contribution in [0.15, 0.2) is 54.6 Å². The van der Waals surface area contributed by atoms with Crippen LogP contribution in [0.2, 0.25) is 0 Å². The van der Waals surface area contributed by atoms with E-state index in [2.05, 4.69) is 5.32 Å². The van der Waals surface area contributed by atoms with Crippen molar-refractivity contribution < 1.29 is 18.7 Å². The molecular weight excluding hydrogens is 323 g/mol. The maximum atomic E-state index is 13.0. The highest BCUT2D eigenvalue weighted by Gasteiger charge is 2.30. The highest BCUT2D eigenvalue weighted by atomic mass is 19.1. The van der Waals surface area contributed by atoms with Crippen LogP contribution >= 0.6 is 0 Å². The van der Waals surface area contributed by atoms with Crippen molar-refractivity contribution in [1.82, 2.24) is 5.32 Å². The smallest absolute Gasteiger partial charge is 0.257 e. The summed E-state index contributed by atoms with van der Waals surface area (Å²) in [6.07, 6.45) is 0.358. The van der Waals surface area contributed by atoms with E-state index in [0.717, 1.165) is 0 Å². The Bertz CT molecular complexity index is 734. The van der Waals surface area contributed by atoms with Crippen molar-refractivity contribution >= 4 is 17.5 Å². The lowest BCUT2D eigenvalue weighted by Crippen LogP contribution is -2.34. The summed E-state index contributed by atoms with van der Waals surface area (Å²) in [7, 11) is 0. The average molecular weight is 342 g/mol. The van der Waals surface area contributed by atoms with E-state index in [9.17, 15) is 14.0 Å². The number of anilines is 1. The average Bonchev–Trinajstić information content (AvgIpc) is 3.00. The lowest BCUT2D eigenvalue weighted by Gasteiger charge is -2.17. The minimum absolute atomic E-state index is 0.0219. The van der Waals surface area contributed by atoms with Crippen LogP contribution < -0.4 is 15.0 Å². The third kappa shape index (κ3) is 4.56. The van der Waals surface area contributed by atoms with Crippen molar-refractivity contribution in [3.05, 3.63) is 60.4 Å². The summed E-state index contributed by atoms with van der Waals surface area (Å²) >= 11 is 0. The molecule has 2 aromatic rings. The fraction of sp³-hybridized carbons (Fsp3) is 0.263.